The van der Waals surface area contributed by atoms with Gasteiger partial charge in [-0.25, -0.2) is 0 Å². The molecule has 4 rings (SSSR count). The number of methoxy groups -OCH3 is 2. The normalized spacial score (nSPS) is 11.8. The number of hydrogen-bond acceptors (Lipinski definition) is 3. The molecule has 146 valence electrons. The lowest BCUT2D eigenvalue weighted by molar-refractivity contribution is 0.354. The van der Waals surface area contributed by atoms with Crippen LogP contribution in [0.4, 0.5) is 0 Å². The molecule has 1 atom stereocenters. The van der Waals surface area contributed by atoms with Crippen LogP contribution in [0.25, 0.3) is 11.1 Å². The van der Waals surface area contributed by atoms with Gasteiger partial charge < -0.3 is 13.9 Å². The fraction of sp³-hybridized carbons (Fsp3) is 0.154. The molecular formula is C26H24O3. The largest absolute Gasteiger partial charge is 0.493 e. The molecule has 1 aromatic heterocycles. The monoisotopic (exact) mass is 384 g/mol. The minimum absolute atomic E-state index is 0.0340. The molecule has 0 saturated carbocycles. The van der Waals surface area contributed by atoms with Gasteiger partial charge in [0, 0.05) is 0 Å². The topological polar surface area (TPSA) is 31.6 Å². The van der Waals surface area contributed by atoms with E-state index < -0.39 is 0 Å². The molecule has 0 spiro atoms. The van der Waals surface area contributed by atoms with Crippen molar-refractivity contribution >= 4 is 0 Å². The molecule has 0 aliphatic rings. The van der Waals surface area contributed by atoms with Gasteiger partial charge in [0.2, 0.25) is 0 Å². The molecule has 0 N–H and O–H groups in total. The van der Waals surface area contributed by atoms with Gasteiger partial charge in [0.05, 0.1) is 20.1 Å². The molecule has 3 aromatic carbocycles. The minimum atomic E-state index is -0.0340. The summed E-state index contributed by atoms with van der Waals surface area (Å²) in [6, 6.07) is 29.1. The third kappa shape index (κ3) is 3.90. The van der Waals surface area contributed by atoms with Crippen molar-refractivity contribution in [1.82, 2.24) is 0 Å². The van der Waals surface area contributed by atoms with Crippen LogP contribution in [0.1, 0.15) is 28.6 Å². The highest BCUT2D eigenvalue weighted by atomic mass is 16.5. The second-order valence-corrected chi connectivity index (χ2v) is 6.98. The zero-order chi connectivity index (χ0) is 20.2. The minimum Gasteiger partial charge on any atom is -0.493 e. The molecule has 1 heterocycles. The van der Waals surface area contributed by atoms with Crippen LogP contribution in [0.3, 0.4) is 0 Å². The van der Waals surface area contributed by atoms with Crippen molar-refractivity contribution in [2.24, 2.45) is 0 Å². The fourth-order valence-corrected chi connectivity index (χ4v) is 3.66. The van der Waals surface area contributed by atoms with Gasteiger partial charge in [0.15, 0.2) is 11.5 Å². The first-order valence-electron chi connectivity index (χ1n) is 9.63. The SMILES string of the molecule is COc1ccc(C(c2ccc(-c3ccccc3)cc2)c2ccc(C)o2)cc1OC. The first-order valence-corrected chi connectivity index (χ1v) is 9.63. The first-order chi connectivity index (χ1) is 14.2. The van der Waals surface area contributed by atoms with E-state index in [4.69, 9.17) is 13.9 Å². The van der Waals surface area contributed by atoms with E-state index in [1.165, 1.54) is 11.1 Å². The maximum absolute atomic E-state index is 6.03. The fourth-order valence-electron chi connectivity index (χ4n) is 3.66. The van der Waals surface area contributed by atoms with E-state index in [9.17, 15) is 0 Å². The Morgan fingerprint density at radius 1 is 0.655 bits per heavy atom. The highest BCUT2D eigenvalue weighted by molar-refractivity contribution is 5.64. The van der Waals surface area contributed by atoms with E-state index in [-0.39, 0.29) is 5.92 Å². The third-order valence-electron chi connectivity index (χ3n) is 5.14. The average molecular weight is 384 g/mol. The van der Waals surface area contributed by atoms with E-state index in [2.05, 4.69) is 54.6 Å². The van der Waals surface area contributed by atoms with E-state index in [1.807, 2.05) is 37.3 Å². The van der Waals surface area contributed by atoms with E-state index >= 15 is 0 Å². The average Bonchev–Trinajstić information content (AvgIpc) is 3.20. The second kappa shape index (κ2) is 8.27. The number of ether oxygens (including phenoxy) is 2. The summed E-state index contributed by atoms with van der Waals surface area (Å²) in [6.07, 6.45) is 0. The van der Waals surface area contributed by atoms with Gasteiger partial charge >= 0.3 is 0 Å². The van der Waals surface area contributed by atoms with Crippen molar-refractivity contribution in [3.8, 4) is 22.6 Å². The van der Waals surface area contributed by atoms with Gasteiger partial charge in [0.1, 0.15) is 11.5 Å². The molecular weight excluding hydrogens is 360 g/mol. The number of hydrogen-bond donors (Lipinski definition) is 0. The van der Waals surface area contributed by atoms with Crippen molar-refractivity contribution < 1.29 is 13.9 Å². The first kappa shape index (κ1) is 18.9. The number of furan rings is 1. The molecule has 0 bridgehead atoms. The Hall–Kier alpha value is -3.46. The van der Waals surface area contributed by atoms with Crippen LogP contribution in [0.15, 0.2) is 89.3 Å². The number of benzene rings is 3. The van der Waals surface area contributed by atoms with Gasteiger partial charge in [-0.2, -0.15) is 0 Å². The van der Waals surface area contributed by atoms with E-state index in [0.717, 1.165) is 22.6 Å². The van der Waals surface area contributed by atoms with Crippen LogP contribution < -0.4 is 9.47 Å². The molecule has 3 nitrogen and oxygen atoms in total. The number of aryl methyl sites for hydroxylation is 1. The van der Waals surface area contributed by atoms with Crippen LogP contribution in [-0.4, -0.2) is 14.2 Å². The Morgan fingerprint density at radius 3 is 1.93 bits per heavy atom. The smallest absolute Gasteiger partial charge is 0.161 e. The quantitative estimate of drug-likeness (QED) is 0.383. The molecule has 3 heteroatoms. The predicted octanol–water partition coefficient (Wildman–Crippen LogP) is 6.45. The summed E-state index contributed by atoms with van der Waals surface area (Å²) in [7, 11) is 3.30. The Morgan fingerprint density at radius 2 is 1.31 bits per heavy atom. The Balaban J connectivity index is 1.78. The Labute approximate surface area is 171 Å². The maximum Gasteiger partial charge on any atom is 0.161 e. The molecule has 0 fully saturated rings. The van der Waals surface area contributed by atoms with Crippen molar-refractivity contribution in [3.63, 3.8) is 0 Å². The summed E-state index contributed by atoms with van der Waals surface area (Å²) in [5.74, 6) is 3.19. The van der Waals surface area contributed by atoms with Crippen molar-refractivity contribution in [3.05, 3.63) is 108 Å². The summed E-state index contributed by atoms with van der Waals surface area (Å²) >= 11 is 0. The highest BCUT2D eigenvalue weighted by Gasteiger charge is 2.22. The molecule has 0 saturated heterocycles. The summed E-state index contributed by atoms with van der Waals surface area (Å²) in [4.78, 5) is 0. The van der Waals surface area contributed by atoms with E-state index in [1.54, 1.807) is 14.2 Å². The Kier molecular flexibility index (Phi) is 5.39. The van der Waals surface area contributed by atoms with Gasteiger partial charge in [0.25, 0.3) is 0 Å². The molecule has 0 amide bonds. The predicted molar refractivity (Wildman–Crippen MR) is 116 cm³/mol. The van der Waals surface area contributed by atoms with Crippen molar-refractivity contribution in [2.45, 2.75) is 12.8 Å². The molecule has 0 aliphatic heterocycles. The lowest BCUT2D eigenvalue weighted by atomic mass is 9.88. The van der Waals surface area contributed by atoms with Gasteiger partial charge in [-0.15, -0.1) is 0 Å². The van der Waals surface area contributed by atoms with Crippen LogP contribution in [0.2, 0.25) is 0 Å². The van der Waals surface area contributed by atoms with Crippen LogP contribution >= 0.6 is 0 Å². The summed E-state index contributed by atoms with van der Waals surface area (Å²) in [5, 5.41) is 0. The van der Waals surface area contributed by atoms with E-state index in [0.29, 0.717) is 11.5 Å². The molecule has 4 aromatic rings. The van der Waals surface area contributed by atoms with Crippen LogP contribution in [0, 0.1) is 6.92 Å². The lowest BCUT2D eigenvalue weighted by Gasteiger charge is -2.18. The summed E-state index contributed by atoms with van der Waals surface area (Å²) in [5.41, 5.74) is 4.64. The maximum atomic E-state index is 6.03. The zero-order valence-electron chi connectivity index (χ0n) is 16.9. The van der Waals surface area contributed by atoms with Crippen LogP contribution in [0.5, 0.6) is 11.5 Å². The van der Waals surface area contributed by atoms with Crippen molar-refractivity contribution in [2.75, 3.05) is 14.2 Å². The standard InChI is InChI=1S/C26H24O3/c1-18-9-15-24(29-18)26(22-14-16-23(27-2)25(17-22)28-3)21-12-10-20(11-13-21)19-7-5-4-6-8-19/h4-17,26H,1-3H3. The van der Waals surface area contributed by atoms with Gasteiger partial charge in [-0.05, 0) is 53.4 Å². The molecule has 0 aliphatic carbocycles. The zero-order valence-corrected chi connectivity index (χ0v) is 16.9. The third-order valence-corrected chi connectivity index (χ3v) is 5.14. The van der Waals surface area contributed by atoms with Gasteiger partial charge in [-0.1, -0.05) is 60.7 Å². The summed E-state index contributed by atoms with van der Waals surface area (Å²) in [6.45, 7) is 1.97. The molecule has 29 heavy (non-hydrogen) atoms. The summed E-state index contributed by atoms with van der Waals surface area (Å²) < 4.78 is 17.0. The number of rotatable bonds is 6. The lowest BCUT2D eigenvalue weighted by Crippen LogP contribution is -2.03. The van der Waals surface area contributed by atoms with Crippen molar-refractivity contribution in [1.29, 1.82) is 0 Å². The van der Waals surface area contributed by atoms with Crippen LogP contribution in [-0.2, 0) is 0 Å². The second-order valence-electron chi connectivity index (χ2n) is 6.98. The Bertz CT molecular complexity index is 1080. The highest BCUT2D eigenvalue weighted by Crippen LogP contribution is 2.38. The molecule has 1 unspecified atom stereocenters. The van der Waals surface area contributed by atoms with Gasteiger partial charge in [-0.3, -0.25) is 0 Å². The molecule has 0 radical (unpaired) electrons.